The highest BCUT2D eigenvalue weighted by Crippen LogP contribution is 2.16. The fourth-order valence-corrected chi connectivity index (χ4v) is 2.03. The second kappa shape index (κ2) is 7.17. The maximum absolute atomic E-state index is 11.1. The van der Waals surface area contributed by atoms with Crippen molar-refractivity contribution < 1.29 is 9.90 Å². The summed E-state index contributed by atoms with van der Waals surface area (Å²) in [5.74, 6) is 0.679. The molecule has 2 N–H and O–H groups in total. The summed E-state index contributed by atoms with van der Waals surface area (Å²) in [5.41, 5.74) is 1.01. The van der Waals surface area contributed by atoms with Crippen LogP contribution in [-0.2, 0) is 0 Å². The fraction of sp³-hybridized carbons (Fsp3) is 0.500. The van der Waals surface area contributed by atoms with Crippen LogP contribution in [0, 0.1) is 6.92 Å². The topological polar surface area (TPSA) is 62.2 Å². The van der Waals surface area contributed by atoms with Gasteiger partial charge in [0.1, 0.15) is 11.4 Å². The standard InChI is InChI=1S/C12H18N2O2S/c1-9-5-7-14-11(10(9)12(15)16)13-6-3-4-8-17-2/h5,7H,3-4,6,8H2,1-2H3,(H,13,14)(H,15,16). The van der Waals surface area contributed by atoms with Crippen molar-refractivity contribution in [1.82, 2.24) is 4.98 Å². The molecule has 1 aromatic rings. The van der Waals surface area contributed by atoms with E-state index in [0.717, 1.165) is 30.7 Å². The molecule has 0 spiro atoms. The van der Waals surface area contributed by atoms with Gasteiger partial charge in [-0.15, -0.1) is 0 Å². The summed E-state index contributed by atoms with van der Waals surface area (Å²) >= 11 is 1.82. The molecule has 0 bridgehead atoms. The maximum Gasteiger partial charge on any atom is 0.339 e. The van der Waals surface area contributed by atoms with Crippen LogP contribution < -0.4 is 5.32 Å². The highest BCUT2D eigenvalue weighted by Gasteiger charge is 2.13. The van der Waals surface area contributed by atoms with Crippen molar-refractivity contribution >= 4 is 23.5 Å². The number of nitrogens with zero attached hydrogens (tertiary/aromatic N) is 1. The molecule has 1 heterocycles. The van der Waals surface area contributed by atoms with Gasteiger partial charge >= 0.3 is 5.97 Å². The molecule has 0 unspecified atom stereocenters. The van der Waals surface area contributed by atoms with Crippen LogP contribution >= 0.6 is 11.8 Å². The minimum Gasteiger partial charge on any atom is -0.478 e. The van der Waals surface area contributed by atoms with Gasteiger partial charge in [0.15, 0.2) is 0 Å². The Morgan fingerprint density at radius 3 is 2.94 bits per heavy atom. The molecule has 0 aliphatic heterocycles. The summed E-state index contributed by atoms with van der Waals surface area (Å²) in [7, 11) is 0. The number of thioether (sulfide) groups is 1. The third-order valence-electron chi connectivity index (χ3n) is 2.44. The van der Waals surface area contributed by atoms with E-state index < -0.39 is 5.97 Å². The first kappa shape index (κ1) is 13.8. The van der Waals surface area contributed by atoms with Crippen LogP contribution in [0.4, 0.5) is 5.82 Å². The number of carbonyl (C=O) groups is 1. The number of unbranched alkanes of at least 4 members (excludes halogenated alkanes) is 1. The van der Waals surface area contributed by atoms with Crippen LogP contribution in [0.3, 0.4) is 0 Å². The van der Waals surface area contributed by atoms with E-state index in [1.165, 1.54) is 0 Å². The van der Waals surface area contributed by atoms with Gasteiger partial charge in [-0.3, -0.25) is 0 Å². The molecular formula is C12H18N2O2S. The largest absolute Gasteiger partial charge is 0.478 e. The Labute approximate surface area is 106 Å². The van der Waals surface area contributed by atoms with Crippen molar-refractivity contribution in [3.63, 3.8) is 0 Å². The van der Waals surface area contributed by atoms with E-state index in [1.807, 2.05) is 11.8 Å². The van der Waals surface area contributed by atoms with Gasteiger partial charge in [0.2, 0.25) is 0 Å². The Hall–Kier alpha value is -1.23. The smallest absolute Gasteiger partial charge is 0.339 e. The van der Waals surface area contributed by atoms with E-state index in [-0.39, 0.29) is 5.56 Å². The van der Waals surface area contributed by atoms with Gasteiger partial charge in [-0.05, 0) is 43.4 Å². The molecular weight excluding hydrogens is 236 g/mol. The molecule has 1 rings (SSSR count). The summed E-state index contributed by atoms with van der Waals surface area (Å²) in [6.45, 7) is 2.54. The number of rotatable bonds is 7. The number of pyridine rings is 1. The Morgan fingerprint density at radius 1 is 1.53 bits per heavy atom. The molecule has 0 saturated carbocycles. The molecule has 0 amide bonds. The number of aromatic carboxylic acids is 1. The lowest BCUT2D eigenvalue weighted by Crippen LogP contribution is -2.11. The molecule has 1 aromatic heterocycles. The van der Waals surface area contributed by atoms with Gasteiger partial charge < -0.3 is 10.4 Å². The van der Waals surface area contributed by atoms with Crippen molar-refractivity contribution in [3.8, 4) is 0 Å². The predicted molar refractivity (Wildman–Crippen MR) is 72.0 cm³/mol. The van der Waals surface area contributed by atoms with Crippen LogP contribution in [0.1, 0.15) is 28.8 Å². The van der Waals surface area contributed by atoms with Crippen molar-refractivity contribution in [2.45, 2.75) is 19.8 Å². The molecule has 0 aromatic carbocycles. The lowest BCUT2D eigenvalue weighted by atomic mass is 10.1. The Morgan fingerprint density at radius 2 is 2.29 bits per heavy atom. The first-order valence-corrected chi connectivity index (χ1v) is 6.98. The molecule has 5 heteroatoms. The zero-order chi connectivity index (χ0) is 12.7. The summed E-state index contributed by atoms with van der Waals surface area (Å²) in [6, 6.07) is 1.71. The SMILES string of the molecule is CSCCCCNc1nccc(C)c1C(=O)O. The van der Waals surface area contributed by atoms with Crippen molar-refractivity contribution in [1.29, 1.82) is 0 Å². The van der Waals surface area contributed by atoms with E-state index in [9.17, 15) is 4.79 Å². The normalized spacial score (nSPS) is 10.2. The average molecular weight is 254 g/mol. The molecule has 0 radical (unpaired) electrons. The van der Waals surface area contributed by atoms with Crippen LogP contribution in [0.5, 0.6) is 0 Å². The Balaban J connectivity index is 2.58. The lowest BCUT2D eigenvalue weighted by molar-refractivity contribution is 0.0697. The molecule has 0 aliphatic carbocycles. The van der Waals surface area contributed by atoms with E-state index in [2.05, 4.69) is 16.6 Å². The molecule has 0 saturated heterocycles. The zero-order valence-corrected chi connectivity index (χ0v) is 11.0. The van der Waals surface area contributed by atoms with E-state index in [1.54, 1.807) is 19.2 Å². The van der Waals surface area contributed by atoms with Crippen LogP contribution in [0.2, 0.25) is 0 Å². The van der Waals surface area contributed by atoms with Crippen molar-refractivity contribution in [2.24, 2.45) is 0 Å². The van der Waals surface area contributed by atoms with Gasteiger partial charge in [0.25, 0.3) is 0 Å². The summed E-state index contributed by atoms with van der Waals surface area (Å²) < 4.78 is 0. The monoisotopic (exact) mass is 254 g/mol. The molecule has 94 valence electrons. The molecule has 4 nitrogen and oxygen atoms in total. The number of carboxylic acids is 1. The predicted octanol–water partition coefficient (Wildman–Crippen LogP) is 2.64. The number of hydrogen-bond acceptors (Lipinski definition) is 4. The number of nitrogens with one attached hydrogen (secondary N) is 1. The van der Waals surface area contributed by atoms with Gasteiger partial charge in [0, 0.05) is 12.7 Å². The number of aromatic nitrogens is 1. The van der Waals surface area contributed by atoms with Gasteiger partial charge in [-0.1, -0.05) is 0 Å². The third-order valence-corrected chi connectivity index (χ3v) is 3.14. The number of carboxylic acid groups (broad SMARTS) is 1. The third kappa shape index (κ3) is 4.26. The summed E-state index contributed by atoms with van der Waals surface area (Å²) in [6.07, 6.45) is 5.86. The second-order valence-corrected chi connectivity index (χ2v) is 4.77. The molecule has 0 aliphatic rings. The molecule has 0 fully saturated rings. The summed E-state index contributed by atoms with van der Waals surface area (Å²) in [5, 5.41) is 12.2. The van der Waals surface area contributed by atoms with Crippen molar-refractivity contribution in [3.05, 3.63) is 23.4 Å². The Kier molecular flexibility index (Phi) is 5.83. The van der Waals surface area contributed by atoms with E-state index >= 15 is 0 Å². The summed E-state index contributed by atoms with van der Waals surface area (Å²) in [4.78, 5) is 15.2. The average Bonchev–Trinajstić information content (AvgIpc) is 2.28. The number of anilines is 1. The minimum absolute atomic E-state index is 0.275. The zero-order valence-electron chi connectivity index (χ0n) is 10.2. The molecule has 17 heavy (non-hydrogen) atoms. The highest BCUT2D eigenvalue weighted by atomic mass is 32.2. The highest BCUT2D eigenvalue weighted by molar-refractivity contribution is 7.98. The maximum atomic E-state index is 11.1. The first-order chi connectivity index (χ1) is 8.16. The van der Waals surface area contributed by atoms with Gasteiger partial charge in [-0.2, -0.15) is 11.8 Å². The van der Waals surface area contributed by atoms with E-state index in [4.69, 9.17) is 5.11 Å². The number of aryl methyl sites for hydroxylation is 1. The van der Waals surface area contributed by atoms with Gasteiger partial charge in [0.05, 0.1) is 0 Å². The lowest BCUT2D eigenvalue weighted by Gasteiger charge is -2.09. The number of hydrogen-bond donors (Lipinski definition) is 2. The van der Waals surface area contributed by atoms with Gasteiger partial charge in [-0.25, -0.2) is 9.78 Å². The first-order valence-electron chi connectivity index (χ1n) is 5.58. The quantitative estimate of drug-likeness (QED) is 0.732. The fourth-order valence-electron chi connectivity index (χ4n) is 1.54. The van der Waals surface area contributed by atoms with Crippen LogP contribution in [0.25, 0.3) is 0 Å². The second-order valence-electron chi connectivity index (χ2n) is 3.78. The minimum atomic E-state index is -0.929. The van der Waals surface area contributed by atoms with Crippen LogP contribution in [-0.4, -0.2) is 34.6 Å². The van der Waals surface area contributed by atoms with E-state index in [0.29, 0.717) is 5.82 Å². The van der Waals surface area contributed by atoms with Crippen molar-refractivity contribution in [2.75, 3.05) is 23.9 Å². The van der Waals surface area contributed by atoms with Crippen LogP contribution in [0.15, 0.2) is 12.3 Å². The molecule has 0 atom stereocenters. The Bertz CT molecular complexity index is 383.